The summed E-state index contributed by atoms with van der Waals surface area (Å²) >= 11 is 1.86. The highest BCUT2D eigenvalue weighted by Gasteiger charge is 2.33. The maximum atomic E-state index is 12.1. The molecule has 2 aromatic heterocycles. The summed E-state index contributed by atoms with van der Waals surface area (Å²) in [6, 6.07) is 0.426. The Kier molecular flexibility index (Phi) is 3.09. The van der Waals surface area contributed by atoms with Gasteiger partial charge >= 0.3 is 6.03 Å². The molecule has 0 aromatic carbocycles. The molecule has 1 aliphatic carbocycles. The molecule has 0 radical (unpaired) electrons. The Morgan fingerprint density at radius 3 is 2.88 bits per heavy atom. The van der Waals surface area contributed by atoms with Crippen LogP contribution in [0.3, 0.4) is 0 Å². The van der Waals surface area contributed by atoms with Gasteiger partial charge in [-0.15, -0.1) is 11.3 Å². The fourth-order valence-electron chi connectivity index (χ4n) is 3.64. The third-order valence-corrected chi connectivity index (χ3v) is 6.43. The van der Waals surface area contributed by atoms with Crippen molar-refractivity contribution in [2.45, 2.75) is 25.3 Å². The molecule has 0 bridgehead atoms. The first-order valence-corrected chi connectivity index (χ1v) is 9.31. The van der Waals surface area contributed by atoms with Gasteiger partial charge in [-0.05, 0) is 19.3 Å². The zero-order chi connectivity index (χ0) is 16.3. The average molecular weight is 344 g/mol. The zero-order valence-electron chi connectivity index (χ0n) is 13.7. The zero-order valence-corrected chi connectivity index (χ0v) is 14.5. The number of hydrogen-bond donors (Lipinski definition) is 0. The smallest absolute Gasteiger partial charge is 0.324 e. The van der Waals surface area contributed by atoms with Gasteiger partial charge in [0, 0.05) is 44.3 Å². The lowest BCUT2D eigenvalue weighted by atomic mass is 10.1. The van der Waals surface area contributed by atoms with E-state index in [4.69, 9.17) is 4.98 Å². The Balaban J connectivity index is 1.25. The van der Waals surface area contributed by atoms with Crippen LogP contribution in [-0.2, 0) is 12.8 Å². The number of aromatic nitrogens is 3. The first-order chi connectivity index (χ1) is 11.7. The number of urea groups is 1. The Labute approximate surface area is 144 Å². The molecule has 0 spiro atoms. The average Bonchev–Trinajstić information content (AvgIpc) is 3.24. The van der Waals surface area contributed by atoms with E-state index >= 15 is 0 Å². The maximum absolute atomic E-state index is 12.1. The van der Waals surface area contributed by atoms with Crippen LogP contribution in [0.15, 0.2) is 12.4 Å². The minimum Gasteiger partial charge on any atom is -0.344 e. The predicted molar refractivity (Wildman–Crippen MR) is 93.0 cm³/mol. The molecule has 2 aromatic rings. The highest BCUT2D eigenvalue weighted by molar-refractivity contribution is 7.15. The summed E-state index contributed by atoms with van der Waals surface area (Å²) in [6.45, 7) is 3.40. The van der Waals surface area contributed by atoms with Crippen molar-refractivity contribution in [3.8, 4) is 0 Å². The number of amides is 2. The van der Waals surface area contributed by atoms with Gasteiger partial charge in [-0.1, -0.05) is 0 Å². The summed E-state index contributed by atoms with van der Waals surface area (Å²) in [6.07, 6.45) is 7.41. The summed E-state index contributed by atoms with van der Waals surface area (Å²) in [5.41, 5.74) is 2.22. The van der Waals surface area contributed by atoms with Gasteiger partial charge in [0.15, 0.2) is 5.13 Å². The fraction of sp³-hybridized carbons (Fsp3) is 0.562. The first kappa shape index (κ1) is 14.3. The summed E-state index contributed by atoms with van der Waals surface area (Å²) in [5, 5.41) is 5.65. The van der Waals surface area contributed by atoms with E-state index in [1.54, 1.807) is 16.0 Å². The molecule has 0 atom stereocenters. The van der Waals surface area contributed by atoms with E-state index in [-0.39, 0.29) is 6.03 Å². The summed E-state index contributed by atoms with van der Waals surface area (Å²) in [4.78, 5) is 24.2. The lowest BCUT2D eigenvalue weighted by Crippen LogP contribution is -2.48. The van der Waals surface area contributed by atoms with Crippen LogP contribution in [0.1, 0.15) is 23.0 Å². The van der Waals surface area contributed by atoms with Crippen molar-refractivity contribution in [1.82, 2.24) is 19.7 Å². The molecule has 24 heavy (non-hydrogen) atoms. The van der Waals surface area contributed by atoms with Gasteiger partial charge in [0.05, 0.1) is 23.6 Å². The molecule has 0 N–H and O–H groups in total. The molecule has 2 fully saturated rings. The fourth-order valence-corrected chi connectivity index (χ4v) is 4.81. The van der Waals surface area contributed by atoms with Gasteiger partial charge in [0.2, 0.25) is 0 Å². The molecule has 2 amide bonds. The van der Waals surface area contributed by atoms with Gasteiger partial charge in [0.1, 0.15) is 0 Å². The number of thiazole rings is 1. The van der Waals surface area contributed by atoms with Crippen LogP contribution in [0, 0.1) is 0 Å². The second kappa shape index (κ2) is 5.20. The molecule has 3 aliphatic rings. The SMILES string of the molecule is CN1CCN(c2cnn(C3CN(c4nc5c(s4)CCC5)C3)c2)C1=O. The van der Waals surface area contributed by atoms with Crippen molar-refractivity contribution < 1.29 is 4.79 Å². The van der Waals surface area contributed by atoms with Crippen LogP contribution >= 0.6 is 11.3 Å². The van der Waals surface area contributed by atoms with E-state index in [1.807, 2.05) is 29.3 Å². The molecular formula is C16H20N6OS. The van der Waals surface area contributed by atoms with Crippen LogP contribution < -0.4 is 9.80 Å². The Morgan fingerprint density at radius 2 is 2.12 bits per heavy atom. The summed E-state index contributed by atoms with van der Waals surface area (Å²) in [5.74, 6) is 0. The Morgan fingerprint density at radius 1 is 1.25 bits per heavy atom. The number of anilines is 2. The van der Waals surface area contributed by atoms with Crippen LogP contribution in [0.5, 0.6) is 0 Å². The van der Waals surface area contributed by atoms with E-state index in [0.29, 0.717) is 6.04 Å². The number of fused-ring (bicyclic) bond motifs is 1. The van der Waals surface area contributed by atoms with Crippen molar-refractivity contribution in [1.29, 1.82) is 0 Å². The molecule has 126 valence electrons. The molecule has 0 saturated carbocycles. The molecule has 4 heterocycles. The summed E-state index contributed by atoms with van der Waals surface area (Å²) < 4.78 is 2.00. The van der Waals surface area contributed by atoms with E-state index in [2.05, 4.69) is 10.00 Å². The largest absolute Gasteiger partial charge is 0.344 e. The second-order valence-corrected chi connectivity index (χ2v) is 7.88. The number of carbonyl (C=O) groups excluding carboxylic acids is 1. The van der Waals surface area contributed by atoms with Gasteiger partial charge in [0.25, 0.3) is 0 Å². The lowest BCUT2D eigenvalue weighted by molar-refractivity contribution is 0.229. The lowest BCUT2D eigenvalue weighted by Gasteiger charge is -2.39. The third-order valence-electron chi connectivity index (χ3n) is 5.21. The summed E-state index contributed by atoms with van der Waals surface area (Å²) in [7, 11) is 1.84. The number of aryl methyl sites for hydroxylation is 2. The highest BCUT2D eigenvalue weighted by atomic mass is 32.1. The van der Waals surface area contributed by atoms with Crippen molar-refractivity contribution in [3.05, 3.63) is 23.0 Å². The number of nitrogens with zero attached hydrogens (tertiary/aromatic N) is 6. The van der Waals surface area contributed by atoms with Crippen molar-refractivity contribution in [2.75, 3.05) is 43.0 Å². The molecule has 2 saturated heterocycles. The van der Waals surface area contributed by atoms with E-state index < -0.39 is 0 Å². The van der Waals surface area contributed by atoms with Gasteiger partial charge in [-0.25, -0.2) is 9.78 Å². The Bertz CT molecular complexity index is 771. The number of hydrogen-bond acceptors (Lipinski definition) is 5. The number of carbonyl (C=O) groups is 1. The maximum Gasteiger partial charge on any atom is 0.324 e. The van der Waals surface area contributed by atoms with Crippen molar-refractivity contribution in [2.24, 2.45) is 0 Å². The van der Waals surface area contributed by atoms with Gasteiger partial charge in [-0.2, -0.15) is 5.10 Å². The van der Waals surface area contributed by atoms with Crippen molar-refractivity contribution in [3.63, 3.8) is 0 Å². The quantitative estimate of drug-likeness (QED) is 0.851. The third kappa shape index (κ3) is 2.12. The van der Waals surface area contributed by atoms with Gasteiger partial charge < -0.3 is 9.80 Å². The Hall–Kier alpha value is -2.09. The number of likely N-dealkylation sites (N-methyl/N-ethyl adjacent to an activating group) is 1. The van der Waals surface area contributed by atoms with Crippen LogP contribution in [0.25, 0.3) is 0 Å². The highest BCUT2D eigenvalue weighted by Crippen LogP contribution is 2.36. The monoisotopic (exact) mass is 344 g/mol. The van der Waals surface area contributed by atoms with Gasteiger partial charge in [-0.3, -0.25) is 9.58 Å². The topological polar surface area (TPSA) is 57.5 Å². The molecular weight excluding hydrogens is 324 g/mol. The normalized spacial score (nSPS) is 20.9. The van der Waals surface area contributed by atoms with Crippen LogP contribution in [-0.4, -0.2) is 58.9 Å². The molecule has 0 unspecified atom stereocenters. The number of rotatable bonds is 3. The standard InChI is InChI=1S/C16H20N6OS/c1-19-5-6-21(16(19)23)11-7-17-22(10-11)12-8-20(9-12)15-18-13-3-2-4-14(13)24-15/h7,10,12H,2-6,8-9H2,1H3. The van der Waals surface area contributed by atoms with Crippen LogP contribution in [0.2, 0.25) is 0 Å². The minimum atomic E-state index is 0.0575. The predicted octanol–water partition coefficient (Wildman–Crippen LogP) is 1.76. The molecule has 2 aliphatic heterocycles. The second-order valence-electron chi connectivity index (χ2n) is 6.81. The molecule has 7 nitrogen and oxygen atoms in total. The molecule has 5 rings (SSSR count). The van der Waals surface area contributed by atoms with Crippen molar-refractivity contribution >= 4 is 28.2 Å². The first-order valence-electron chi connectivity index (χ1n) is 8.49. The molecule has 8 heteroatoms. The minimum absolute atomic E-state index is 0.0575. The van der Waals surface area contributed by atoms with Crippen LogP contribution in [0.4, 0.5) is 15.6 Å². The van der Waals surface area contributed by atoms with E-state index in [0.717, 1.165) is 38.3 Å². The van der Waals surface area contributed by atoms with E-state index in [1.165, 1.54) is 28.5 Å². The van der Waals surface area contributed by atoms with E-state index in [9.17, 15) is 4.79 Å².